The van der Waals surface area contributed by atoms with Crippen molar-refractivity contribution in [1.29, 1.82) is 0 Å². The zero-order chi connectivity index (χ0) is 8.31. The van der Waals surface area contributed by atoms with E-state index in [0.717, 1.165) is 0 Å². The van der Waals surface area contributed by atoms with E-state index < -0.39 is 17.1 Å². The summed E-state index contributed by atoms with van der Waals surface area (Å²) in [6.07, 6.45) is 0. The van der Waals surface area contributed by atoms with Gasteiger partial charge in [-0.15, -0.1) is 0 Å². The van der Waals surface area contributed by atoms with Gasteiger partial charge in [0.25, 0.3) is 0 Å². The Morgan fingerprint density at radius 1 is 1.50 bits per heavy atom. The molecule has 0 radical (unpaired) electrons. The summed E-state index contributed by atoms with van der Waals surface area (Å²) in [4.78, 5) is 20.8. The SMILES string of the molecule is CC(=O)C(S)C(C)C(=O)O. The molecule has 0 saturated carbocycles. The van der Waals surface area contributed by atoms with Gasteiger partial charge in [-0.25, -0.2) is 0 Å². The second kappa shape index (κ2) is 3.61. The summed E-state index contributed by atoms with van der Waals surface area (Å²) in [6.45, 7) is 2.79. The van der Waals surface area contributed by atoms with Crippen LogP contribution in [0.2, 0.25) is 0 Å². The number of ketones is 1. The Morgan fingerprint density at radius 3 is 2.00 bits per heavy atom. The lowest BCUT2D eigenvalue weighted by molar-refractivity contribution is -0.142. The fourth-order valence-electron chi connectivity index (χ4n) is 0.487. The molecule has 2 atom stereocenters. The Morgan fingerprint density at radius 2 is 1.90 bits per heavy atom. The van der Waals surface area contributed by atoms with Crippen molar-refractivity contribution in [2.45, 2.75) is 19.1 Å². The first-order valence-electron chi connectivity index (χ1n) is 2.88. The van der Waals surface area contributed by atoms with Gasteiger partial charge in [-0.05, 0) is 6.92 Å². The van der Waals surface area contributed by atoms with Crippen LogP contribution in [0, 0.1) is 5.92 Å². The number of Topliss-reactive ketones (excluding diaryl/α,β-unsaturated/α-hetero) is 1. The van der Waals surface area contributed by atoms with Gasteiger partial charge in [-0.2, -0.15) is 12.6 Å². The fourth-order valence-corrected chi connectivity index (χ4v) is 0.615. The van der Waals surface area contributed by atoms with Crippen LogP contribution in [-0.4, -0.2) is 22.1 Å². The van der Waals surface area contributed by atoms with Gasteiger partial charge < -0.3 is 5.11 Å². The molecule has 0 saturated heterocycles. The van der Waals surface area contributed by atoms with E-state index in [1.54, 1.807) is 0 Å². The number of rotatable bonds is 3. The Labute approximate surface area is 64.8 Å². The highest BCUT2D eigenvalue weighted by molar-refractivity contribution is 7.81. The summed E-state index contributed by atoms with van der Waals surface area (Å²) in [6, 6.07) is 0. The zero-order valence-electron chi connectivity index (χ0n) is 5.87. The lowest BCUT2D eigenvalue weighted by atomic mass is 10.1. The third-order valence-corrected chi connectivity index (χ3v) is 2.09. The molecule has 0 rings (SSSR count). The highest BCUT2D eigenvalue weighted by Gasteiger charge is 2.23. The Kier molecular flexibility index (Phi) is 3.42. The van der Waals surface area contributed by atoms with Crippen molar-refractivity contribution >= 4 is 24.4 Å². The predicted molar refractivity (Wildman–Crippen MR) is 40.3 cm³/mol. The van der Waals surface area contributed by atoms with Gasteiger partial charge in [-0.3, -0.25) is 9.59 Å². The van der Waals surface area contributed by atoms with Crippen LogP contribution in [0.4, 0.5) is 0 Å². The Balaban J connectivity index is 4.07. The standard InChI is InChI=1S/C6H10O3S/c1-3(6(8)9)5(10)4(2)7/h3,5,10H,1-2H3,(H,8,9). The summed E-state index contributed by atoms with van der Waals surface area (Å²) in [5, 5.41) is 7.72. The summed E-state index contributed by atoms with van der Waals surface area (Å²) in [5.41, 5.74) is 0. The van der Waals surface area contributed by atoms with Crippen LogP contribution in [0.3, 0.4) is 0 Å². The van der Waals surface area contributed by atoms with E-state index >= 15 is 0 Å². The molecular formula is C6H10O3S. The normalized spacial score (nSPS) is 15.9. The number of aliphatic carboxylic acids is 1. The monoisotopic (exact) mass is 162 g/mol. The maximum atomic E-state index is 10.5. The van der Waals surface area contributed by atoms with Gasteiger partial charge in [0.1, 0.15) is 5.78 Å². The maximum Gasteiger partial charge on any atom is 0.307 e. The van der Waals surface area contributed by atoms with Gasteiger partial charge in [-0.1, -0.05) is 6.92 Å². The number of carboxylic acids is 1. The van der Waals surface area contributed by atoms with E-state index in [9.17, 15) is 9.59 Å². The number of carboxylic acid groups (broad SMARTS) is 1. The first-order valence-corrected chi connectivity index (χ1v) is 3.39. The van der Waals surface area contributed by atoms with Gasteiger partial charge in [0.15, 0.2) is 0 Å². The molecule has 0 aromatic heterocycles. The van der Waals surface area contributed by atoms with E-state index in [1.807, 2.05) is 0 Å². The largest absolute Gasteiger partial charge is 0.481 e. The molecule has 0 amide bonds. The van der Waals surface area contributed by atoms with E-state index in [1.165, 1.54) is 13.8 Å². The lowest BCUT2D eigenvalue weighted by Gasteiger charge is -2.10. The molecule has 0 fully saturated rings. The van der Waals surface area contributed by atoms with Crippen molar-refractivity contribution in [3.05, 3.63) is 0 Å². The minimum atomic E-state index is -0.991. The average molecular weight is 162 g/mol. The minimum absolute atomic E-state index is 0.210. The van der Waals surface area contributed by atoms with Crippen LogP contribution in [0.25, 0.3) is 0 Å². The van der Waals surface area contributed by atoms with Crippen LogP contribution in [0.1, 0.15) is 13.8 Å². The molecule has 58 valence electrons. The van der Waals surface area contributed by atoms with Gasteiger partial charge in [0, 0.05) is 0 Å². The van der Waals surface area contributed by atoms with Crippen molar-refractivity contribution in [1.82, 2.24) is 0 Å². The van der Waals surface area contributed by atoms with Gasteiger partial charge in [0.05, 0.1) is 11.2 Å². The molecule has 1 N–H and O–H groups in total. The Hall–Kier alpha value is -0.510. The molecule has 0 aliphatic rings. The fraction of sp³-hybridized carbons (Fsp3) is 0.667. The van der Waals surface area contributed by atoms with Crippen LogP contribution < -0.4 is 0 Å². The number of carbonyl (C=O) groups excluding carboxylic acids is 1. The molecule has 0 aliphatic carbocycles. The molecule has 3 nitrogen and oxygen atoms in total. The van der Waals surface area contributed by atoms with Crippen LogP contribution in [-0.2, 0) is 9.59 Å². The first-order chi connectivity index (χ1) is 4.46. The molecule has 0 aromatic carbocycles. The first kappa shape index (κ1) is 9.49. The van der Waals surface area contributed by atoms with E-state index in [0.29, 0.717) is 0 Å². The highest BCUT2D eigenvalue weighted by atomic mass is 32.1. The van der Waals surface area contributed by atoms with Gasteiger partial charge >= 0.3 is 5.97 Å². The number of carbonyl (C=O) groups is 2. The van der Waals surface area contributed by atoms with E-state index in [-0.39, 0.29) is 5.78 Å². The summed E-state index contributed by atoms with van der Waals surface area (Å²) < 4.78 is 0. The van der Waals surface area contributed by atoms with Crippen molar-refractivity contribution < 1.29 is 14.7 Å². The highest BCUT2D eigenvalue weighted by Crippen LogP contribution is 2.10. The third kappa shape index (κ3) is 2.39. The van der Waals surface area contributed by atoms with Crippen molar-refractivity contribution in [3.63, 3.8) is 0 Å². The quantitative estimate of drug-likeness (QED) is 0.597. The predicted octanol–water partition coefficient (Wildman–Crippen LogP) is 0.595. The summed E-state index contributed by atoms with van der Waals surface area (Å²) in [7, 11) is 0. The van der Waals surface area contributed by atoms with E-state index in [2.05, 4.69) is 12.6 Å². The molecule has 0 bridgehead atoms. The van der Waals surface area contributed by atoms with Gasteiger partial charge in [0.2, 0.25) is 0 Å². The molecule has 10 heavy (non-hydrogen) atoms. The van der Waals surface area contributed by atoms with E-state index in [4.69, 9.17) is 5.11 Å². The number of hydrogen-bond acceptors (Lipinski definition) is 3. The average Bonchev–Trinajstić information content (AvgIpc) is 1.84. The number of thiol groups is 1. The smallest absolute Gasteiger partial charge is 0.307 e. The number of hydrogen-bond donors (Lipinski definition) is 2. The van der Waals surface area contributed by atoms with Crippen LogP contribution in [0.5, 0.6) is 0 Å². The summed E-state index contributed by atoms with van der Waals surface area (Å²) in [5.74, 6) is -1.91. The summed E-state index contributed by atoms with van der Waals surface area (Å²) >= 11 is 3.83. The second-order valence-electron chi connectivity index (χ2n) is 2.18. The molecule has 0 heterocycles. The minimum Gasteiger partial charge on any atom is -0.481 e. The second-order valence-corrected chi connectivity index (χ2v) is 2.74. The zero-order valence-corrected chi connectivity index (χ0v) is 6.76. The molecule has 0 aliphatic heterocycles. The van der Waals surface area contributed by atoms with Crippen molar-refractivity contribution in [2.24, 2.45) is 5.92 Å². The molecule has 2 unspecified atom stereocenters. The van der Waals surface area contributed by atoms with Crippen LogP contribution >= 0.6 is 12.6 Å². The van der Waals surface area contributed by atoms with Crippen molar-refractivity contribution in [3.8, 4) is 0 Å². The van der Waals surface area contributed by atoms with Crippen LogP contribution in [0.15, 0.2) is 0 Å². The molecular weight excluding hydrogens is 152 g/mol. The molecule has 0 spiro atoms. The topological polar surface area (TPSA) is 54.4 Å². The van der Waals surface area contributed by atoms with Crippen molar-refractivity contribution in [2.75, 3.05) is 0 Å². The Bertz CT molecular complexity index is 137. The third-order valence-electron chi connectivity index (χ3n) is 1.28. The maximum absolute atomic E-state index is 10.5. The molecule has 0 aromatic rings. The molecule has 4 heteroatoms. The lowest BCUT2D eigenvalue weighted by Crippen LogP contribution is -2.26.